The Kier molecular flexibility index (Phi) is 7.96. The number of nitrogens with zero attached hydrogens (tertiary/aromatic N) is 1. The molecule has 0 spiro atoms. The third-order valence-corrected chi connectivity index (χ3v) is 5.12. The first kappa shape index (κ1) is 17.5. The molecule has 1 aliphatic heterocycles. The number of nitrogens with one attached hydrogen (secondary N) is 1. The molecule has 2 nitrogen and oxygen atoms in total. The fraction of sp³-hybridized carbons (Fsp3) is 0.700. The van der Waals surface area contributed by atoms with Gasteiger partial charge < -0.3 is 10.2 Å². The number of likely N-dealkylation sites (tertiary alicyclic amines) is 1. The molecule has 2 fully saturated rings. The van der Waals surface area contributed by atoms with Crippen LogP contribution in [0.15, 0.2) is 36.5 Å². The number of piperidine rings is 1. The van der Waals surface area contributed by atoms with E-state index >= 15 is 0 Å². The minimum atomic E-state index is 0.825. The first-order valence-electron chi connectivity index (χ1n) is 9.22. The first-order valence-corrected chi connectivity index (χ1v) is 9.22. The Balaban J connectivity index is 1.73. The van der Waals surface area contributed by atoms with Crippen LogP contribution in [0, 0.1) is 5.92 Å². The van der Waals surface area contributed by atoms with Gasteiger partial charge in [0, 0.05) is 19.1 Å². The highest BCUT2D eigenvalue weighted by molar-refractivity contribution is 5.23. The average molecular weight is 303 g/mol. The van der Waals surface area contributed by atoms with E-state index in [2.05, 4.69) is 41.9 Å². The maximum Gasteiger partial charge on any atom is 0.0205 e. The molecule has 2 heteroatoms. The van der Waals surface area contributed by atoms with E-state index in [1.807, 2.05) is 6.08 Å². The predicted octanol–water partition coefficient (Wildman–Crippen LogP) is 4.31. The molecule has 0 bridgehead atoms. The summed E-state index contributed by atoms with van der Waals surface area (Å²) in [5, 5.41) is 3.65. The zero-order valence-electron chi connectivity index (χ0n) is 14.4. The average Bonchev–Trinajstić information content (AvgIpc) is 2.56. The molecule has 2 aliphatic rings. The van der Waals surface area contributed by atoms with Crippen molar-refractivity contribution in [3.8, 4) is 0 Å². The van der Waals surface area contributed by atoms with Crippen LogP contribution < -0.4 is 5.32 Å². The molecular formula is C20H34N2. The zero-order valence-corrected chi connectivity index (χ0v) is 14.4. The van der Waals surface area contributed by atoms with E-state index in [0.29, 0.717) is 0 Å². The fourth-order valence-electron chi connectivity index (χ4n) is 4.00. The van der Waals surface area contributed by atoms with E-state index in [0.717, 1.165) is 25.0 Å². The van der Waals surface area contributed by atoms with Gasteiger partial charge in [0.2, 0.25) is 0 Å². The van der Waals surface area contributed by atoms with E-state index in [-0.39, 0.29) is 0 Å². The summed E-state index contributed by atoms with van der Waals surface area (Å²) in [5.74, 6) is 0.825. The number of allylic oxidation sites excluding steroid dienone is 3. The van der Waals surface area contributed by atoms with Crippen LogP contribution in [-0.2, 0) is 0 Å². The van der Waals surface area contributed by atoms with Crippen molar-refractivity contribution in [2.24, 2.45) is 5.92 Å². The van der Waals surface area contributed by atoms with Gasteiger partial charge in [0.1, 0.15) is 0 Å². The van der Waals surface area contributed by atoms with E-state index in [4.69, 9.17) is 0 Å². The Hall–Kier alpha value is -0.860. The molecule has 1 N–H and O–H groups in total. The Morgan fingerprint density at radius 1 is 1.18 bits per heavy atom. The Morgan fingerprint density at radius 2 is 2.00 bits per heavy atom. The van der Waals surface area contributed by atoms with Gasteiger partial charge >= 0.3 is 0 Å². The van der Waals surface area contributed by atoms with Gasteiger partial charge in [-0.05, 0) is 57.2 Å². The van der Waals surface area contributed by atoms with E-state index in [9.17, 15) is 0 Å². The van der Waals surface area contributed by atoms with Crippen LogP contribution in [-0.4, -0.2) is 37.1 Å². The largest absolute Gasteiger partial charge is 0.312 e. The Bertz CT molecular complexity index is 377. The highest BCUT2D eigenvalue weighted by Gasteiger charge is 2.26. The van der Waals surface area contributed by atoms with Crippen LogP contribution in [0.1, 0.15) is 51.9 Å². The van der Waals surface area contributed by atoms with Crippen LogP contribution in [0.2, 0.25) is 0 Å². The molecule has 0 aromatic rings. The smallest absolute Gasteiger partial charge is 0.0205 e. The van der Waals surface area contributed by atoms with Crippen molar-refractivity contribution in [3.63, 3.8) is 0 Å². The van der Waals surface area contributed by atoms with Crippen molar-refractivity contribution in [3.05, 3.63) is 36.5 Å². The molecule has 1 saturated heterocycles. The van der Waals surface area contributed by atoms with Gasteiger partial charge in [0.25, 0.3) is 0 Å². The molecular weight excluding hydrogens is 268 g/mol. The van der Waals surface area contributed by atoms with Crippen LogP contribution in [0.4, 0.5) is 0 Å². The van der Waals surface area contributed by atoms with Crippen LogP contribution in [0.25, 0.3) is 0 Å². The summed E-state index contributed by atoms with van der Waals surface area (Å²) in [7, 11) is 0. The SMILES string of the molecule is C=C/C=C(\C=C/C)CNCC1CCCN(C2CCCCC2)C1. The van der Waals surface area contributed by atoms with E-state index in [1.165, 1.54) is 63.6 Å². The van der Waals surface area contributed by atoms with Crippen molar-refractivity contribution in [1.29, 1.82) is 0 Å². The van der Waals surface area contributed by atoms with Crippen LogP contribution in [0.3, 0.4) is 0 Å². The van der Waals surface area contributed by atoms with Crippen molar-refractivity contribution in [2.45, 2.75) is 57.9 Å². The maximum absolute atomic E-state index is 3.80. The van der Waals surface area contributed by atoms with Crippen molar-refractivity contribution < 1.29 is 0 Å². The van der Waals surface area contributed by atoms with Gasteiger partial charge in [-0.25, -0.2) is 0 Å². The summed E-state index contributed by atoms with van der Waals surface area (Å²) in [6.45, 7) is 10.6. The predicted molar refractivity (Wildman–Crippen MR) is 97.1 cm³/mol. The van der Waals surface area contributed by atoms with Gasteiger partial charge in [-0.2, -0.15) is 0 Å². The second-order valence-corrected chi connectivity index (χ2v) is 6.90. The molecule has 0 aromatic heterocycles. The van der Waals surface area contributed by atoms with Gasteiger partial charge in [0.15, 0.2) is 0 Å². The van der Waals surface area contributed by atoms with Crippen LogP contribution >= 0.6 is 0 Å². The lowest BCUT2D eigenvalue weighted by atomic mass is 9.90. The van der Waals surface area contributed by atoms with Gasteiger partial charge in [0.05, 0.1) is 0 Å². The minimum absolute atomic E-state index is 0.825. The molecule has 1 atom stereocenters. The second-order valence-electron chi connectivity index (χ2n) is 6.90. The summed E-state index contributed by atoms with van der Waals surface area (Å²) in [6.07, 6.45) is 18.2. The molecule has 22 heavy (non-hydrogen) atoms. The maximum atomic E-state index is 3.80. The highest BCUT2D eigenvalue weighted by Crippen LogP contribution is 2.26. The molecule has 1 aliphatic carbocycles. The quantitative estimate of drug-likeness (QED) is 0.705. The lowest BCUT2D eigenvalue weighted by Crippen LogP contribution is -2.45. The molecule has 1 saturated carbocycles. The summed E-state index contributed by atoms with van der Waals surface area (Å²) >= 11 is 0. The lowest BCUT2D eigenvalue weighted by molar-refractivity contribution is 0.0983. The standard InChI is InChI=1S/C20H34N2/c1-3-9-18(10-4-2)15-21-16-19-11-8-14-22(17-19)20-12-6-5-7-13-20/h3-4,9-10,19-21H,1,5-8,11-17H2,2H3/b10-4-,18-9+. The topological polar surface area (TPSA) is 15.3 Å². The van der Waals surface area contributed by atoms with Gasteiger partial charge in [-0.1, -0.05) is 50.1 Å². The lowest BCUT2D eigenvalue weighted by Gasteiger charge is -2.40. The number of hydrogen-bond acceptors (Lipinski definition) is 2. The minimum Gasteiger partial charge on any atom is -0.312 e. The van der Waals surface area contributed by atoms with Crippen LogP contribution in [0.5, 0.6) is 0 Å². The monoisotopic (exact) mass is 302 g/mol. The summed E-state index contributed by atoms with van der Waals surface area (Å²) in [5.41, 5.74) is 1.32. The zero-order chi connectivity index (χ0) is 15.6. The number of hydrogen-bond donors (Lipinski definition) is 1. The third-order valence-electron chi connectivity index (χ3n) is 5.12. The van der Waals surface area contributed by atoms with E-state index in [1.54, 1.807) is 0 Å². The van der Waals surface area contributed by atoms with Gasteiger partial charge in [-0.15, -0.1) is 0 Å². The number of rotatable bonds is 7. The summed E-state index contributed by atoms with van der Waals surface area (Å²) < 4.78 is 0. The van der Waals surface area contributed by atoms with Crippen molar-refractivity contribution >= 4 is 0 Å². The van der Waals surface area contributed by atoms with E-state index < -0.39 is 0 Å². The first-order chi connectivity index (χ1) is 10.8. The Morgan fingerprint density at radius 3 is 2.73 bits per heavy atom. The normalized spacial score (nSPS) is 25.7. The van der Waals surface area contributed by atoms with Gasteiger partial charge in [-0.3, -0.25) is 0 Å². The highest BCUT2D eigenvalue weighted by atomic mass is 15.2. The molecule has 0 radical (unpaired) electrons. The molecule has 2 rings (SSSR count). The van der Waals surface area contributed by atoms with Crippen molar-refractivity contribution in [1.82, 2.24) is 10.2 Å². The Labute approximate surface area is 137 Å². The summed E-state index contributed by atoms with van der Waals surface area (Å²) in [6, 6.07) is 0.885. The molecule has 0 aromatic carbocycles. The molecule has 1 unspecified atom stereocenters. The van der Waals surface area contributed by atoms with Crippen molar-refractivity contribution in [2.75, 3.05) is 26.2 Å². The molecule has 0 amide bonds. The fourth-order valence-corrected chi connectivity index (χ4v) is 4.00. The summed E-state index contributed by atoms with van der Waals surface area (Å²) in [4.78, 5) is 2.79. The molecule has 124 valence electrons. The second kappa shape index (κ2) is 10.0. The third kappa shape index (κ3) is 5.73. The molecule has 1 heterocycles.